The van der Waals surface area contributed by atoms with Crippen LogP contribution in [0.3, 0.4) is 0 Å². The van der Waals surface area contributed by atoms with Gasteiger partial charge in [-0.3, -0.25) is 0 Å². The van der Waals surface area contributed by atoms with Gasteiger partial charge in [0.25, 0.3) is 0 Å². The Morgan fingerprint density at radius 2 is 1.85 bits per heavy atom. The van der Waals surface area contributed by atoms with Gasteiger partial charge in [0.1, 0.15) is 26.4 Å². The van der Waals surface area contributed by atoms with E-state index in [-0.39, 0.29) is 6.16 Å². The molecule has 0 aromatic heterocycles. The van der Waals surface area contributed by atoms with Gasteiger partial charge in [0, 0.05) is 0 Å². The summed E-state index contributed by atoms with van der Waals surface area (Å²) in [6, 6.07) is 0. The van der Waals surface area contributed by atoms with Crippen molar-refractivity contribution < 1.29 is 38.2 Å². The quantitative estimate of drug-likeness (QED) is 0.304. The van der Waals surface area contributed by atoms with Gasteiger partial charge >= 0.3 is 5.97 Å². The standard InChI is InChI=1S/C11H24NO7P/c1-9(13)11(15)18-7-10(14)8-19-20(16,17)6-5-12(2,3)4/h9-10,13-14H,5-8H2,1-4H3. The van der Waals surface area contributed by atoms with Crippen molar-refractivity contribution in [2.75, 3.05) is 47.1 Å². The summed E-state index contributed by atoms with van der Waals surface area (Å²) in [7, 11) is 1.53. The van der Waals surface area contributed by atoms with Gasteiger partial charge in [0.2, 0.25) is 0 Å². The molecular formula is C11H24NO7P. The summed E-state index contributed by atoms with van der Waals surface area (Å²) in [4.78, 5) is 22.5. The highest BCUT2D eigenvalue weighted by atomic mass is 31.2. The van der Waals surface area contributed by atoms with Crippen LogP contribution >= 0.6 is 7.60 Å². The van der Waals surface area contributed by atoms with E-state index < -0.39 is 39.0 Å². The molecule has 0 aromatic rings. The summed E-state index contributed by atoms with van der Waals surface area (Å²) < 4.78 is 21.2. The molecule has 0 saturated carbocycles. The fourth-order valence-corrected chi connectivity index (χ4v) is 2.41. The highest BCUT2D eigenvalue weighted by molar-refractivity contribution is 7.51. The number of rotatable bonds is 9. The maximum atomic E-state index is 11.6. The van der Waals surface area contributed by atoms with Gasteiger partial charge in [0.05, 0.1) is 40.5 Å². The highest BCUT2D eigenvalue weighted by Crippen LogP contribution is 2.36. The second-order valence-corrected chi connectivity index (χ2v) is 7.53. The van der Waals surface area contributed by atoms with Crippen LogP contribution in [0.2, 0.25) is 0 Å². The summed E-state index contributed by atoms with van der Waals surface area (Å²) in [5, 5.41) is 18.3. The van der Waals surface area contributed by atoms with Crippen molar-refractivity contribution >= 4 is 13.6 Å². The SMILES string of the molecule is CC(O)C(=O)OCC(O)COP(=O)([O-])CC[N+](C)(C)C. The van der Waals surface area contributed by atoms with E-state index in [1.807, 2.05) is 21.1 Å². The zero-order valence-corrected chi connectivity index (χ0v) is 13.2. The van der Waals surface area contributed by atoms with Gasteiger partial charge in [-0.25, -0.2) is 4.79 Å². The number of esters is 1. The molecule has 0 saturated heterocycles. The predicted octanol–water partition coefficient (Wildman–Crippen LogP) is -1.45. The first kappa shape index (κ1) is 19.5. The smallest absolute Gasteiger partial charge is 0.334 e. The summed E-state index contributed by atoms with van der Waals surface area (Å²) in [6.45, 7) is 0.694. The molecular weight excluding hydrogens is 289 g/mol. The Morgan fingerprint density at radius 1 is 1.30 bits per heavy atom. The summed E-state index contributed by atoms with van der Waals surface area (Å²) >= 11 is 0. The number of nitrogens with zero attached hydrogens (tertiary/aromatic N) is 1. The number of quaternary nitrogens is 1. The van der Waals surface area contributed by atoms with Gasteiger partial charge < -0.3 is 33.4 Å². The molecule has 8 nitrogen and oxygen atoms in total. The van der Waals surface area contributed by atoms with E-state index in [1.165, 1.54) is 6.92 Å². The molecule has 20 heavy (non-hydrogen) atoms. The van der Waals surface area contributed by atoms with Crippen LogP contribution < -0.4 is 4.89 Å². The van der Waals surface area contributed by atoms with Crippen LogP contribution in [0.1, 0.15) is 6.92 Å². The van der Waals surface area contributed by atoms with Crippen molar-refractivity contribution in [3.63, 3.8) is 0 Å². The lowest BCUT2D eigenvalue weighted by molar-refractivity contribution is -0.868. The lowest BCUT2D eigenvalue weighted by atomic mass is 10.4. The minimum Gasteiger partial charge on any atom is -0.778 e. The van der Waals surface area contributed by atoms with Gasteiger partial charge in [-0.1, -0.05) is 0 Å². The summed E-state index contributed by atoms with van der Waals surface area (Å²) in [5.41, 5.74) is 0. The van der Waals surface area contributed by atoms with E-state index in [0.717, 1.165) is 0 Å². The predicted molar refractivity (Wildman–Crippen MR) is 70.0 cm³/mol. The summed E-state index contributed by atoms with van der Waals surface area (Å²) in [6.07, 6.45) is -2.70. The molecule has 0 aromatic carbocycles. The van der Waals surface area contributed by atoms with Crippen LogP contribution in [0.4, 0.5) is 0 Å². The van der Waals surface area contributed by atoms with Crippen molar-refractivity contribution in [2.45, 2.75) is 19.1 Å². The molecule has 0 bridgehead atoms. The van der Waals surface area contributed by atoms with Crippen LogP contribution in [0, 0.1) is 0 Å². The lowest BCUT2D eigenvalue weighted by Crippen LogP contribution is -2.38. The number of hydrogen-bond donors (Lipinski definition) is 2. The number of aliphatic hydroxyl groups is 2. The first-order valence-electron chi connectivity index (χ1n) is 6.21. The van der Waals surface area contributed by atoms with Gasteiger partial charge in [0.15, 0.2) is 0 Å². The van der Waals surface area contributed by atoms with Crippen molar-refractivity contribution in [1.82, 2.24) is 0 Å². The molecule has 120 valence electrons. The fourth-order valence-electron chi connectivity index (χ4n) is 1.03. The Bertz CT molecular complexity index is 353. The molecule has 0 spiro atoms. The Labute approximate surface area is 119 Å². The van der Waals surface area contributed by atoms with E-state index in [2.05, 4.69) is 9.26 Å². The molecule has 0 aliphatic carbocycles. The van der Waals surface area contributed by atoms with E-state index in [0.29, 0.717) is 11.0 Å². The van der Waals surface area contributed by atoms with E-state index in [9.17, 15) is 19.4 Å². The number of carbonyl (C=O) groups excluding carboxylic acids is 1. The van der Waals surface area contributed by atoms with E-state index in [1.54, 1.807) is 0 Å². The second kappa shape index (κ2) is 8.07. The minimum atomic E-state index is -4.02. The van der Waals surface area contributed by atoms with Crippen molar-refractivity contribution in [3.8, 4) is 0 Å². The van der Waals surface area contributed by atoms with Crippen molar-refractivity contribution in [3.05, 3.63) is 0 Å². The first-order chi connectivity index (χ1) is 8.93. The molecule has 9 heteroatoms. The second-order valence-electron chi connectivity index (χ2n) is 5.60. The van der Waals surface area contributed by atoms with Gasteiger partial charge in [-0.15, -0.1) is 0 Å². The molecule has 0 amide bonds. The molecule has 3 unspecified atom stereocenters. The van der Waals surface area contributed by atoms with Gasteiger partial charge in [-0.05, 0) is 6.92 Å². The monoisotopic (exact) mass is 313 g/mol. The number of aliphatic hydroxyl groups excluding tert-OH is 2. The van der Waals surface area contributed by atoms with Crippen LogP contribution in [0.25, 0.3) is 0 Å². The zero-order valence-electron chi connectivity index (χ0n) is 12.3. The largest absolute Gasteiger partial charge is 0.778 e. The minimum absolute atomic E-state index is 0.142. The molecule has 0 fully saturated rings. The van der Waals surface area contributed by atoms with Gasteiger partial charge in [-0.2, -0.15) is 0 Å². The van der Waals surface area contributed by atoms with Crippen LogP contribution in [-0.2, 0) is 18.6 Å². The third-order valence-electron chi connectivity index (χ3n) is 2.27. The van der Waals surface area contributed by atoms with Crippen LogP contribution in [-0.4, -0.2) is 79.9 Å². The van der Waals surface area contributed by atoms with Crippen LogP contribution in [0.5, 0.6) is 0 Å². The zero-order chi connectivity index (χ0) is 16.0. The van der Waals surface area contributed by atoms with E-state index >= 15 is 0 Å². The molecule has 2 N–H and O–H groups in total. The first-order valence-corrected chi connectivity index (χ1v) is 7.93. The molecule has 0 heterocycles. The molecule has 0 radical (unpaired) electrons. The van der Waals surface area contributed by atoms with E-state index in [4.69, 9.17) is 5.11 Å². The Hall–Kier alpha value is -0.500. The molecule has 3 atom stereocenters. The van der Waals surface area contributed by atoms with Crippen LogP contribution in [0.15, 0.2) is 0 Å². The van der Waals surface area contributed by atoms with Crippen molar-refractivity contribution in [1.29, 1.82) is 0 Å². The lowest BCUT2D eigenvalue weighted by Gasteiger charge is -2.29. The maximum absolute atomic E-state index is 11.6. The third kappa shape index (κ3) is 10.3. The maximum Gasteiger partial charge on any atom is 0.334 e. The Morgan fingerprint density at radius 3 is 2.30 bits per heavy atom. The Balaban J connectivity index is 4.01. The third-order valence-corrected chi connectivity index (χ3v) is 3.56. The number of ether oxygens (including phenoxy) is 1. The molecule has 0 aliphatic rings. The molecule has 0 aliphatic heterocycles. The van der Waals surface area contributed by atoms with Crippen molar-refractivity contribution in [2.24, 2.45) is 0 Å². The molecule has 0 rings (SSSR count). The highest BCUT2D eigenvalue weighted by Gasteiger charge is 2.18. The summed E-state index contributed by atoms with van der Waals surface area (Å²) in [5.74, 6) is -0.889. The normalized spacial score (nSPS) is 18.1. The Kier molecular flexibility index (Phi) is 7.87. The topological polar surface area (TPSA) is 116 Å². The number of hydrogen-bond acceptors (Lipinski definition) is 7. The number of carbonyl (C=O) groups is 1. The average molecular weight is 313 g/mol. The average Bonchev–Trinajstić information content (AvgIpc) is 2.30. The fraction of sp³-hybridized carbons (Fsp3) is 0.909.